The van der Waals surface area contributed by atoms with Crippen LogP contribution in [-0.4, -0.2) is 23.2 Å². The second kappa shape index (κ2) is 4.83. The number of aromatic carboxylic acids is 1. The van der Waals surface area contributed by atoms with E-state index in [-0.39, 0.29) is 11.1 Å². The van der Waals surface area contributed by atoms with Crippen molar-refractivity contribution in [1.29, 1.82) is 0 Å². The summed E-state index contributed by atoms with van der Waals surface area (Å²) in [6, 6.07) is 5.33. The molecule has 0 bridgehead atoms. The third kappa shape index (κ3) is 2.15. The molecule has 0 saturated carbocycles. The van der Waals surface area contributed by atoms with E-state index in [1.54, 1.807) is 6.07 Å². The van der Waals surface area contributed by atoms with E-state index in [0.717, 1.165) is 6.07 Å². The molecular formula is C13H10FNO3. The summed E-state index contributed by atoms with van der Waals surface area (Å²) < 4.78 is 19.0. The van der Waals surface area contributed by atoms with Crippen molar-refractivity contribution >= 4 is 5.97 Å². The monoisotopic (exact) mass is 247 g/mol. The number of aromatic nitrogens is 1. The lowest BCUT2D eigenvalue weighted by Gasteiger charge is -2.08. The number of nitrogens with zero attached hydrogens (tertiary/aromatic N) is 1. The van der Waals surface area contributed by atoms with Crippen LogP contribution in [-0.2, 0) is 0 Å². The van der Waals surface area contributed by atoms with Gasteiger partial charge in [-0.05, 0) is 18.2 Å². The lowest BCUT2D eigenvalue weighted by molar-refractivity contribution is 0.0696. The maximum Gasteiger partial charge on any atom is 0.335 e. The molecule has 0 aliphatic carbocycles. The van der Waals surface area contributed by atoms with Gasteiger partial charge in [-0.3, -0.25) is 4.98 Å². The Kier molecular flexibility index (Phi) is 3.23. The van der Waals surface area contributed by atoms with E-state index in [0.29, 0.717) is 11.3 Å². The fourth-order valence-corrected chi connectivity index (χ4v) is 1.63. The minimum Gasteiger partial charge on any atom is -0.496 e. The van der Waals surface area contributed by atoms with Gasteiger partial charge in [-0.2, -0.15) is 0 Å². The number of carboxylic acids is 1. The van der Waals surface area contributed by atoms with Crippen LogP contribution >= 0.6 is 0 Å². The topological polar surface area (TPSA) is 59.4 Å². The zero-order valence-corrected chi connectivity index (χ0v) is 9.55. The second-order valence-electron chi connectivity index (χ2n) is 3.58. The van der Waals surface area contributed by atoms with Crippen LogP contribution in [0.4, 0.5) is 4.39 Å². The Labute approximate surface area is 103 Å². The Morgan fingerprint density at radius 1 is 1.33 bits per heavy atom. The predicted molar refractivity (Wildman–Crippen MR) is 63.1 cm³/mol. The van der Waals surface area contributed by atoms with Crippen LogP contribution in [0.25, 0.3) is 11.1 Å². The van der Waals surface area contributed by atoms with E-state index >= 15 is 0 Å². The van der Waals surface area contributed by atoms with Gasteiger partial charge in [0.05, 0.1) is 12.7 Å². The summed E-state index contributed by atoms with van der Waals surface area (Å²) in [7, 11) is 1.47. The maximum absolute atomic E-state index is 13.9. The van der Waals surface area contributed by atoms with Crippen molar-refractivity contribution in [2.24, 2.45) is 0 Å². The zero-order chi connectivity index (χ0) is 13.1. The number of carboxylic acid groups (broad SMARTS) is 1. The van der Waals surface area contributed by atoms with Crippen molar-refractivity contribution in [3.63, 3.8) is 0 Å². The molecule has 0 unspecified atom stereocenters. The first-order valence-corrected chi connectivity index (χ1v) is 5.14. The largest absolute Gasteiger partial charge is 0.496 e. The van der Waals surface area contributed by atoms with E-state index in [9.17, 15) is 9.18 Å². The van der Waals surface area contributed by atoms with Crippen LogP contribution in [0.3, 0.4) is 0 Å². The van der Waals surface area contributed by atoms with Crippen LogP contribution in [0.2, 0.25) is 0 Å². The molecule has 0 aliphatic heterocycles. The van der Waals surface area contributed by atoms with Crippen molar-refractivity contribution in [2.45, 2.75) is 0 Å². The predicted octanol–water partition coefficient (Wildman–Crippen LogP) is 2.59. The number of ether oxygens (including phenoxy) is 1. The number of carbonyl (C=O) groups is 1. The molecule has 0 saturated heterocycles. The highest BCUT2D eigenvalue weighted by atomic mass is 19.1. The van der Waals surface area contributed by atoms with Crippen LogP contribution in [0.15, 0.2) is 36.7 Å². The van der Waals surface area contributed by atoms with Crippen molar-refractivity contribution in [1.82, 2.24) is 4.98 Å². The molecule has 1 N–H and O–H groups in total. The Bertz CT molecular complexity index is 599. The molecule has 5 heteroatoms. The first kappa shape index (κ1) is 12.0. The summed E-state index contributed by atoms with van der Waals surface area (Å²) in [4.78, 5) is 14.6. The summed E-state index contributed by atoms with van der Waals surface area (Å²) in [5.41, 5.74) is 0.637. The normalized spacial score (nSPS) is 10.1. The highest BCUT2D eigenvalue weighted by Gasteiger charge is 2.13. The van der Waals surface area contributed by atoms with Crippen LogP contribution in [0, 0.1) is 5.82 Å². The van der Waals surface area contributed by atoms with Crippen molar-refractivity contribution < 1.29 is 19.0 Å². The molecule has 0 amide bonds. The molecule has 2 aromatic rings. The lowest BCUT2D eigenvalue weighted by Crippen LogP contribution is -1.98. The highest BCUT2D eigenvalue weighted by molar-refractivity contribution is 5.88. The lowest BCUT2D eigenvalue weighted by atomic mass is 10.0. The number of rotatable bonds is 3. The van der Waals surface area contributed by atoms with Gasteiger partial charge in [-0.15, -0.1) is 0 Å². The van der Waals surface area contributed by atoms with Crippen molar-refractivity contribution in [2.75, 3.05) is 7.11 Å². The van der Waals surface area contributed by atoms with Gasteiger partial charge in [0.1, 0.15) is 11.6 Å². The summed E-state index contributed by atoms with van der Waals surface area (Å²) in [6.45, 7) is 0. The summed E-state index contributed by atoms with van der Waals surface area (Å²) in [6.07, 6.45) is 3.00. The number of benzene rings is 1. The Morgan fingerprint density at radius 2 is 2.11 bits per heavy atom. The number of halogens is 1. The van der Waals surface area contributed by atoms with E-state index in [1.165, 1.54) is 31.6 Å². The Morgan fingerprint density at radius 3 is 2.72 bits per heavy atom. The highest BCUT2D eigenvalue weighted by Crippen LogP contribution is 2.30. The average molecular weight is 247 g/mol. The van der Waals surface area contributed by atoms with Crippen LogP contribution in [0.1, 0.15) is 10.4 Å². The van der Waals surface area contributed by atoms with Gasteiger partial charge in [0, 0.05) is 23.5 Å². The van der Waals surface area contributed by atoms with Gasteiger partial charge in [-0.1, -0.05) is 6.07 Å². The van der Waals surface area contributed by atoms with Crippen molar-refractivity contribution in [3.05, 3.63) is 48.0 Å². The van der Waals surface area contributed by atoms with Gasteiger partial charge >= 0.3 is 5.97 Å². The fourth-order valence-electron chi connectivity index (χ4n) is 1.63. The summed E-state index contributed by atoms with van der Waals surface area (Å²) >= 11 is 0. The molecule has 1 heterocycles. The first-order valence-electron chi connectivity index (χ1n) is 5.14. The zero-order valence-electron chi connectivity index (χ0n) is 9.55. The molecule has 2 rings (SSSR count). The minimum absolute atomic E-state index is 0.0980. The van der Waals surface area contributed by atoms with Crippen LogP contribution in [0.5, 0.6) is 5.75 Å². The average Bonchev–Trinajstić information content (AvgIpc) is 2.38. The van der Waals surface area contributed by atoms with E-state index in [1.807, 2.05) is 0 Å². The van der Waals surface area contributed by atoms with E-state index < -0.39 is 11.8 Å². The SMILES string of the molecule is COc1ccncc1-c1ccc(C(=O)O)cc1F. The van der Waals surface area contributed by atoms with Gasteiger partial charge in [0.25, 0.3) is 0 Å². The van der Waals surface area contributed by atoms with Gasteiger partial charge in [0.15, 0.2) is 0 Å². The molecule has 0 atom stereocenters. The third-order valence-electron chi connectivity index (χ3n) is 2.51. The molecule has 18 heavy (non-hydrogen) atoms. The summed E-state index contributed by atoms with van der Waals surface area (Å²) in [5, 5.41) is 8.77. The number of hydrogen-bond acceptors (Lipinski definition) is 3. The first-order chi connectivity index (χ1) is 8.63. The summed E-state index contributed by atoms with van der Waals surface area (Å²) in [5.74, 6) is -1.31. The molecule has 0 aliphatic rings. The molecular weight excluding hydrogens is 237 g/mol. The Balaban J connectivity index is 2.54. The third-order valence-corrected chi connectivity index (χ3v) is 2.51. The van der Waals surface area contributed by atoms with Crippen LogP contribution < -0.4 is 4.74 Å². The number of methoxy groups -OCH3 is 1. The number of hydrogen-bond donors (Lipinski definition) is 1. The fraction of sp³-hybridized carbons (Fsp3) is 0.0769. The Hall–Kier alpha value is -2.43. The molecule has 0 fully saturated rings. The van der Waals surface area contributed by atoms with Crippen molar-refractivity contribution in [3.8, 4) is 16.9 Å². The molecule has 4 nitrogen and oxygen atoms in total. The molecule has 0 radical (unpaired) electrons. The smallest absolute Gasteiger partial charge is 0.335 e. The van der Waals surface area contributed by atoms with E-state index in [2.05, 4.69) is 4.98 Å². The minimum atomic E-state index is -1.17. The van der Waals surface area contributed by atoms with Gasteiger partial charge in [-0.25, -0.2) is 9.18 Å². The standard InChI is InChI=1S/C13H10FNO3/c1-18-12-4-5-15-7-10(12)9-3-2-8(13(16)17)6-11(9)14/h2-7H,1H3,(H,16,17). The molecule has 0 spiro atoms. The molecule has 1 aromatic heterocycles. The van der Waals surface area contributed by atoms with Gasteiger partial charge in [0.2, 0.25) is 0 Å². The molecule has 92 valence electrons. The quantitative estimate of drug-likeness (QED) is 0.905. The van der Waals surface area contributed by atoms with Gasteiger partial charge < -0.3 is 9.84 Å². The molecule has 1 aromatic carbocycles. The number of pyridine rings is 1. The maximum atomic E-state index is 13.9. The second-order valence-corrected chi connectivity index (χ2v) is 3.58. The van der Waals surface area contributed by atoms with E-state index in [4.69, 9.17) is 9.84 Å².